The molecule has 4 rings (SSSR count). The van der Waals surface area contributed by atoms with Crippen LogP contribution < -0.4 is 9.47 Å². The molecule has 0 radical (unpaired) electrons. The van der Waals surface area contributed by atoms with Gasteiger partial charge in [0.25, 0.3) is 6.43 Å². The van der Waals surface area contributed by atoms with Gasteiger partial charge in [-0.1, -0.05) is 42.5 Å². The Labute approximate surface area is 207 Å². The Bertz CT molecular complexity index is 1260. The number of hydrogen-bond donors (Lipinski definition) is 1. The van der Waals surface area contributed by atoms with Gasteiger partial charge in [-0.3, -0.25) is 4.79 Å². The molecule has 0 heterocycles. The third-order valence-corrected chi connectivity index (χ3v) is 6.86. The lowest BCUT2D eigenvalue weighted by Gasteiger charge is -2.35. The molecule has 0 amide bonds. The van der Waals surface area contributed by atoms with E-state index in [1.807, 2.05) is 49.4 Å². The van der Waals surface area contributed by atoms with Gasteiger partial charge < -0.3 is 19.3 Å². The Balaban J connectivity index is 1.41. The standard InChI is InChI=1S/C28H28F2O6/c1-28(27(33)35-16-18-8-5-7-17-6-3-4-9-20(17)18)12-10-19(11-13-28)36-24-15-22(26(31)32)23(34-2)14-21(24)25(29)30/h3-9,14-15,19,25H,10-13,16H2,1-2H3,(H,31,32). The predicted octanol–water partition coefficient (Wildman–Crippen LogP) is 6.56. The van der Waals surface area contributed by atoms with E-state index in [0.29, 0.717) is 25.7 Å². The number of esters is 1. The molecule has 0 bridgehead atoms. The number of aromatic carboxylic acids is 1. The summed E-state index contributed by atoms with van der Waals surface area (Å²) in [6, 6.07) is 15.8. The number of carboxylic acid groups (broad SMARTS) is 1. The van der Waals surface area contributed by atoms with Crippen LogP contribution in [0.4, 0.5) is 8.78 Å². The molecule has 1 fully saturated rings. The Kier molecular flexibility index (Phi) is 7.43. The zero-order chi connectivity index (χ0) is 25.9. The van der Waals surface area contributed by atoms with Gasteiger partial charge in [-0.15, -0.1) is 0 Å². The number of carboxylic acids is 1. The molecule has 1 aliphatic rings. The van der Waals surface area contributed by atoms with Gasteiger partial charge in [-0.25, -0.2) is 13.6 Å². The van der Waals surface area contributed by atoms with Crippen molar-refractivity contribution >= 4 is 22.7 Å². The molecule has 190 valence electrons. The summed E-state index contributed by atoms with van der Waals surface area (Å²) in [4.78, 5) is 24.5. The molecule has 1 aliphatic carbocycles. The highest BCUT2D eigenvalue weighted by atomic mass is 19.3. The second-order valence-electron chi connectivity index (χ2n) is 9.29. The van der Waals surface area contributed by atoms with Crippen LogP contribution in [-0.2, 0) is 16.1 Å². The number of benzene rings is 3. The highest BCUT2D eigenvalue weighted by Gasteiger charge is 2.40. The van der Waals surface area contributed by atoms with Crippen molar-refractivity contribution in [1.29, 1.82) is 0 Å². The van der Waals surface area contributed by atoms with Crippen molar-refractivity contribution < 1.29 is 37.7 Å². The first-order valence-electron chi connectivity index (χ1n) is 11.8. The number of halogens is 2. The summed E-state index contributed by atoms with van der Waals surface area (Å²) < 4.78 is 43.8. The number of alkyl halides is 2. The lowest BCUT2D eigenvalue weighted by molar-refractivity contribution is -0.159. The van der Waals surface area contributed by atoms with Crippen LogP contribution in [0.1, 0.15) is 60.5 Å². The average Bonchev–Trinajstić information content (AvgIpc) is 2.88. The van der Waals surface area contributed by atoms with Crippen molar-refractivity contribution in [3.05, 3.63) is 71.3 Å². The first-order chi connectivity index (χ1) is 17.2. The fraction of sp³-hybridized carbons (Fsp3) is 0.357. The van der Waals surface area contributed by atoms with Crippen molar-refractivity contribution in [3.8, 4) is 11.5 Å². The Morgan fingerprint density at radius 1 is 1.06 bits per heavy atom. The van der Waals surface area contributed by atoms with Crippen molar-refractivity contribution in [2.24, 2.45) is 5.41 Å². The number of carbonyl (C=O) groups excluding carboxylic acids is 1. The minimum Gasteiger partial charge on any atom is -0.496 e. The number of ether oxygens (including phenoxy) is 3. The molecular weight excluding hydrogens is 470 g/mol. The molecule has 0 atom stereocenters. The van der Waals surface area contributed by atoms with E-state index in [4.69, 9.17) is 14.2 Å². The van der Waals surface area contributed by atoms with Crippen LogP contribution in [0.2, 0.25) is 0 Å². The van der Waals surface area contributed by atoms with Gasteiger partial charge in [-0.05, 0) is 61.1 Å². The molecule has 6 nitrogen and oxygen atoms in total. The van der Waals surface area contributed by atoms with Gasteiger partial charge in [0.1, 0.15) is 23.7 Å². The van der Waals surface area contributed by atoms with E-state index in [1.165, 1.54) is 7.11 Å². The number of carbonyl (C=O) groups is 2. The van der Waals surface area contributed by atoms with Crippen LogP contribution in [0.3, 0.4) is 0 Å². The Hall–Kier alpha value is -3.68. The summed E-state index contributed by atoms with van der Waals surface area (Å²) in [7, 11) is 1.22. The zero-order valence-corrected chi connectivity index (χ0v) is 20.1. The van der Waals surface area contributed by atoms with E-state index in [2.05, 4.69) is 0 Å². The lowest BCUT2D eigenvalue weighted by atomic mass is 9.74. The molecule has 0 saturated heterocycles. The average molecular weight is 499 g/mol. The molecule has 1 saturated carbocycles. The topological polar surface area (TPSA) is 82.1 Å². The van der Waals surface area contributed by atoms with Gasteiger partial charge in [0.15, 0.2) is 0 Å². The summed E-state index contributed by atoms with van der Waals surface area (Å²) in [6.45, 7) is 2.01. The zero-order valence-electron chi connectivity index (χ0n) is 20.1. The van der Waals surface area contributed by atoms with E-state index >= 15 is 0 Å². The monoisotopic (exact) mass is 498 g/mol. The molecule has 3 aromatic rings. The summed E-state index contributed by atoms with van der Waals surface area (Å²) in [5, 5.41) is 11.5. The summed E-state index contributed by atoms with van der Waals surface area (Å²) in [5.74, 6) is -1.95. The second kappa shape index (κ2) is 10.5. The van der Waals surface area contributed by atoms with E-state index in [1.54, 1.807) is 0 Å². The van der Waals surface area contributed by atoms with E-state index in [0.717, 1.165) is 28.5 Å². The molecular formula is C28H28F2O6. The third-order valence-electron chi connectivity index (χ3n) is 6.86. The minimum atomic E-state index is -2.87. The molecule has 1 N–H and O–H groups in total. The van der Waals surface area contributed by atoms with Crippen LogP contribution in [0.25, 0.3) is 10.8 Å². The Morgan fingerprint density at radius 2 is 1.75 bits per heavy atom. The SMILES string of the molecule is COc1cc(C(F)F)c(OC2CCC(C)(C(=O)OCc3cccc4ccccc34)CC2)cc1C(=O)O. The molecule has 0 aromatic heterocycles. The van der Waals surface area contributed by atoms with Crippen molar-refractivity contribution in [2.45, 2.75) is 51.7 Å². The highest BCUT2D eigenvalue weighted by molar-refractivity contribution is 5.91. The molecule has 0 unspecified atom stereocenters. The summed E-state index contributed by atoms with van der Waals surface area (Å²) >= 11 is 0. The predicted molar refractivity (Wildman–Crippen MR) is 130 cm³/mol. The summed E-state index contributed by atoms with van der Waals surface area (Å²) in [5.41, 5.74) is -0.480. The van der Waals surface area contributed by atoms with Gasteiger partial charge in [0.05, 0.1) is 24.2 Å². The molecule has 0 spiro atoms. The van der Waals surface area contributed by atoms with Crippen LogP contribution in [0.15, 0.2) is 54.6 Å². The van der Waals surface area contributed by atoms with Crippen LogP contribution in [-0.4, -0.2) is 30.3 Å². The van der Waals surface area contributed by atoms with Crippen LogP contribution in [0.5, 0.6) is 11.5 Å². The van der Waals surface area contributed by atoms with Crippen molar-refractivity contribution in [2.75, 3.05) is 7.11 Å². The third kappa shape index (κ3) is 5.27. The van der Waals surface area contributed by atoms with Crippen LogP contribution >= 0.6 is 0 Å². The lowest BCUT2D eigenvalue weighted by Crippen LogP contribution is -2.37. The van der Waals surface area contributed by atoms with E-state index < -0.39 is 29.5 Å². The number of rotatable bonds is 8. The number of fused-ring (bicyclic) bond motifs is 1. The first kappa shape index (κ1) is 25.4. The number of hydrogen-bond acceptors (Lipinski definition) is 5. The smallest absolute Gasteiger partial charge is 0.339 e. The first-order valence-corrected chi connectivity index (χ1v) is 11.8. The quantitative estimate of drug-likeness (QED) is 0.355. The molecule has 3 aromatic carbocycles. The van der Waals surface area contributed by atoms with E-state index in [-0.39, 0.29) is 29.6 Å². The highest BCUT2D eigenvalue weighted by Crippen LogP contribution is 2.41. The van der Waals surface area contributed by atoms with Gasteiger partial charge >= 0.3 is 11.9 Å². The number of methoxy groups -OCH3 is 1. The maximum Gasteiger partial charge on any atom is 0.339 e. The van der Waals surface area contributed by atoms with Gasteiger partial charge in [0, 0.05) is 0 Å². The second-order valence-corrected chi connectivity index (χ2v) is 9.29. The van der Waals surface area contributed by atoms with E-state index in [9.17, 15) is 23.5 Å². The normalized spacial score (nSPS) is 19.8. The van der Waals surface area contributed by atoms with Gasteiger partial charge in [0.2, 0.25) is 0 Å². The fourth-order valence-electron chi connectivity index (χ4n) is 4.65. The molecule has 8 heteroatoms. The van der Waals surface area contributed by atoms with Crippen LogP contribution in [0, 0.1) is 5.41 Å². The maximum absolute atomic E-state index is 13.6. The Morgan fingerprint density at radius 3 is 2.42 bits per heavy atom. The fourth-order valence-corrected chi connectivity index (χ4v) is 4.65. The van der Waals surface area contributed by atoms with Gasteiger partial charge in [-0.2, -0.15) is 0 Å². The minimum absolute atomic E-state index is 0.157. The van der Waals surface area contributed by atoms with Crippen molar-refractivity contribution in [3.63, 3.8) is 0 Å². The summed E-state index contributed by atoms with van der Waals surface area (Å²) in [6.07, 6.45) is -1.50. The maximum atomic E-state index is 13.6. The molecule has 0 aliphatic heterocycles. The molecule has 36 heavy (non-hydrogen) atoms. The largest absolute Gasteiger partial charge is 0.496 e. The van der Waals surface area contributed by atoms with Crippen molar-refractivity contribution in [1.82, 2.24) is 0 Å².